The fourth-order valence-corrected chi connectivity index (χ4v) is 13.1. The maximum absolute atomic E-state index is 14.5. The number of aliphatic carboxylic acids is 5. The Kier molecular flexibility index (Phi) is 46.1. The van der Waals surface area contributed by atoms with E-state index in [9.17, 15) is 112 Å². The summed E-state index contributed by atoms with van der Waals surface area (Å²) >= 11 is 0. The zero-order chi connectivity index (χ0) is 88.9. The molecule has 13 amide bonds. The number of nitrogens with two attached hydrogens (primary N) is 2. The van der Waals surface area contributed by atoms with Crippen LogP contribution in [0.25, 0.3) is 0 Å². The maximum Gasteiger partial charge on any atom is 3.00 e. The molecule has 0 saturated carbocycles. The average Bonchev–Trinajstić information content (AvgIpc) is 1.50. The van der Waals surface area contributed by atoms with Crippen molar-refractivity contribution in [1.82, 2.24) is 99.4 Å². The first-order valence-corrected chi connectivity index (χ1v) is 39.6. The molecule has 0 spiro atoms. The van der Waals surface area contributed by atoms with Gasteiger partial charge < -0.3 is 117 Å². The van der Waals surface area contributed by atoms with Crippen LogP contribution in [0, 0.1) is 10.8 Å². The Labute approximate surface area is 715 Å². The van der Waals surface area contributed by atoms with Crippen LogP contribution in [0.1, 0.15) is 101 Å². The number of carboxylic acid groups (broad SMARTS) is 5. The van der Waals surface area contributed by atoms with Crippen LogP contribution in [0.5, 0.6) is 0 Å². The molecule has 46 nitrogen and oxygen atoms in total. The van der Waals surface area contributed by atoms with Crippen molar-refractivity contribution < 1.29 is 112 Å². The van der Waals surface area contributed by atoms with Crippen LogP contribution in [0.3, 0.4) is 0 Å². The average molecular weight is 1770 g/mol. The number of carbonyl (C=O) groups is 18. The standard InChI is InChI=1S/C75H113N23O23.Ga/c76-74(77)82-25-11-19-47-66(114)84-39-57(100)87-54(37-60(103)104)72(120)93-52(35-45-13-3-1-4-14-45)70(118)91-49(68(116)89-47)17-7-9-23-80-56(99)22-21-51(86-59(102)41-95-27-29-96(42-62(107)108)31-33-98(44-64(111)112)34-32-97(30-28-95)43-63(109)110)65(113)81-24-10-8-18-50-69(117)90-48(20-12-26-83-75(78)79)67(115)85-40-58(101)88-55(38-61(105)106)73(121)94-53(71(119)92-50)36-46-15-5-2-6-16-46;/h1-6,13-16,47-55H,7-12,17-44H2,(H,80,99)(H,81,113)(H,84,114)(H,85,115)(H,86,102)(H,87,100)(H,88,101)(H,89,116)(H,90,117)(H,91,118)(H,92,119)(H,93,120)(H,94,121)(H,103,104)(H,105,106)(H,107,108)(H,109,110)(H,111,112)(H4,76,77,82)(H4,78,79,83);/q;+3/t47-,48-,49-,50-,51-,52+,53+,54-,55-;/m0./s1/i;1-2. The number of unbranched alkanes of at least 4 members (excludes halogenated alkanes) is 2. The third kappa shape index (κ3) is 41.3. The van der Waals surface area contributed by atoms with Gasteiger partial charge in [0.2, 0.25) is 76.8 Å². The summed E-state index contributed by atoms with van der Waals surface area (Å²) in [5, 5.41) is 102. The Balaban J connectivity index is 0.0000312. The largest absolute Gasteiger partial charge is 3.00 e. The summed E-state index contributed by atoms with van der Waals surface area (Å²) in [4.78, 5) is 248. The van der Waals surface area contributed by atoms with Gasteiger partial charge in [0.1, 0.15) is 54.4 Å². The fraction of sp³-hybridized carbons (Fsp3) is 0.573. The zero-order valence-corrected chi connectivity index (χ0v) is 70.0. The minimum absolute atomic E-state index is 0. The summed E-state index contributed by atoms with van der Waals surface area (Å²) in [5.74, 6) is -19.2. The molecule has 3 aliphatic rings. The number of benzene rings is 2. The van der Waals surface area contributed by atoms with Crippen molar-refractivity contribution in [3.63, 3.8) is 0 Å². The minimum Gasteiger partial charge on any atom is -0.481 e. The van der Waals surface area contributed by atoms with Crippen LogP contribution < -0.4 is 91.2 Å². The molecule has 0 bridgehead atoms. The molecule has 2 aromatic carbocycles. The van der Waals surface area contributed by atoms with Gasteiger partial charge in [-0.3, -0.25) is 117 Å². The fourth-order valence-electron chi connectivity index (χ4n) is 13.1. The molecule has 0 aliphatic carbocycles. The molecule has 3 fully saturated rings. The van der Waals surface area contributed by atoms with Crippen molar-refractivity contribution in [3.05, 3.63) is 71.8 Å². The Bertz CT molecular complexity index is 3900. The number of nitrogens with one attached hydrogen (secondary N) is 17. The minimum atomic E-state index is -1.76. The van der Waals surface area contributed by atoms with Gasteiger partial charge in [-0.05, 0) is 81.8 Å². The second-order valence-corrected chi connectivity index (χ2v) is 29.2. The number of hydrogen-bond acceptors (Lipinski definition) is 24. The molecule has 666 valence electrons. The molecular weight excluding hydrogens is 1660 g/mol. The van der Waals surface area contributed by atoms with Gasteiger partial charge in [-0.1, -0.05) is 60.7 Å². The van der Waals surface area contributed by atoms with Gasteiger partial charge in [0.25, 0.3) is 0 Å². The van der Waals surface area contributed by atoms with Crippen LogP contribution in [-0.2, 0) is 99.1 Å². The number of carbonyl (C=O) groups excluding carboxylic acids is 13. The molecule has 3 aliphatic heterocycles. The summed E-state index contributed by atoms with van der Waals surface area (Å²) in [6.45, 7) is -3.24. The number of hydrogen-bond donors (Lipinski definition) is 24. The molecule has 9 atom stereocenters. The number of rotatable bonds is 39. The monoisotopic (exact) mass is 1770 g/mol. The van der Waals surface area contributed by atoms with Crippen molar-refractivity contribution in [3.8, 4) is 0 Å². The van der Waals surface area contributed by atoms with E-state index in [-0.39, 0.29) is 188 Å². The van der Waals surface area contributed by atoms with Crippen LogP contribution in [0.2, 0.25) is 0 Å². The van der Waals surface area contributed by atoms with Gasteiger partial charge >= 0.3 is 49.6 Å². The second-order valence-electron chi connectivity index (χ2n) is 29.2. The number of nitrogens with zero attached hydrogens (tertiary/aromatic N) is 4. The van der Waals surface area contributed by atoms with Crippen molar-refractivity contribution in [1.29, 1.82) is 10.8 Å². The van der Waals surface area contributed by atoms with Gasteiger partial charge in [0.05, 0.1) is 52.1 Å². The summed E-state index contributed by atoms with van der Waals surface area (Å²) in [6, 6.07) is 2.82. The second kappa shape index (κ2) is 55.0. The van der Waals surface area contributed by atoms with E-state index in [1.165, 1.54) is 9.80 Å². The van der Waals surface area contributed by atoms with E-state index >= 15 is 0 Å². The SMILES string of the molecule is N=C(N)NCCC[C@@H]1NC(=O)[C@H](CCCCNC(=O)CC[C@H](NC(=O)CN2CCN(CC(=O)O)CCN(CC(=O)O)CCN(CC(=O)O)CC2)C(=O)NCCCC[C@@H]2NC(=O)[C@@H](Cc3ccccc3)NC(=O)[C@H](CC(=O)O)NC(=O)CNC(=O)[C@H](CCCNC(=N)N)NC2=O)NC(=O)[C@@H](Cc2ccccc2)NC(=O)[C@H](CC(=O)O)NC(=O)CNC1=O.[68Ga+3]. The van der Waals surface area contributed by atoms with Gasteiger partial charge in [-0.2, -0.15) is 0 Å². The third-order valence-electron chi connectivity index (χ3n) is 19.4. The maximum atomic E-state index is 14.5. The summed E-state index contributed by atoms with van der Waals surface area (Å²) in [5.41, 5.74) is 11.9. The molecule has 0 radical (unpaired) electrons. The first-order chi connectivity index (χ1) is 57.6. The van der Waals surface area contributed by atoms with Crippen molar-refractivity contribution in [2.45, 2.75) is 157 Å². The molecule has 122 heavy (non-hydrogen) atoms. The molecule has 0 aromatic heterocycles. The van der Waals surface area contributed by atoms with Gasteiger partial charge in [-0.15, -0.1) is 0 Å². The normalized spacial score (nSPS) is 21.1. The van der Waals surface area contributed by atoms with Crippen molar-refractivity contribution in [2.24, 2.45) is 11.5 Å². The first kappa shape index (κ1) is 102. The molecule has 2 aromatic rings. The predicted molar refractivity (Wildman–Crippen MR) is 434 cm³/mol. The predicted octanol–water partition coefficient (Wildman–Crippen LogP) is -8.98. The molecule has 5 rings (SSSR count). The van der Waals surface area contributed by atoms with E-state index in [2.05, 4.69) is 79.8 Å². The molecular formula is C75H113GaN23O23+3. The van der Waals surface area contributed by atoms with E-state index in [0.29, 0.717) is 11.1 Å². The Morgan fingerprint density at radius 2 is 0.689 bits per heavy atom. The summed E-state index contributed by atoms with van der Waals surface area (Å²) in [6.07, 6.45) is -3.25. The van der Waals surface area contributed by atoms with Crippen molar-refractivity contribution in [2.75, 3.05) is 118 Å². The topological polar surface area (TPSA) is 702 Å². The van der Waals surface area contributed by atoms with Crippen LogP contribution >= 0.6 is 0 Å². The third-order valence-corrected chi connectivity index (χ3v) is 19.4. The Morgan fingerprint density at radius 1 is 0.377 bits per heavy atom. The zero-order valence-electron chi connectivity index (χ0n) is 67.6. The molecule has 47 heteroatoms. The number of guanidine groups is 2. The molecule has 26 N–H and O–H groups in total. The molecule has 0 unspecified atom stereocenters. The summed E-state index contributed by atoms with van der Waals surface area (Å²) < 4.78 is 0. The first-order valence-electron chi connectivity index (χ1n) is 39.6. The van der Waals surface area contributed by atoms with E-state index in [4.69, 9.17) is 22.3 Å². The van der Waals surface area contributed by atoms with Gasteiger partial charge in [0.15, 0.2) is 11.9 Å². The van der Waals surface area contributed by atoms with E-state index in [1.54, 1.807) is 70.5 Å². The Hall–Kier alpha value is -12.1. The van der Waals surface area contributed by atoms with Crippen LogP contribution in [-0.4, -0.2) is 356 Å². The summed E-state index contributed by atoms with van der Waals surface area (Å²) in [7, 11) is 0. The van der Waals surface area contributed by atoms with Crippen molar-refractivity contribution >= 4 is 138 Å². The quantitative estimate of drug-likeness (QED) is 0.0128. The van der Waals surface area contributed by atoms with Crippen LogP contribution in [0.4, 0.5) is 0 Å². The van der Waals surface area contributed by atoms with E-state index < -0.39 is 226 Å². The number of amides is 13. The smallest absolute Gasteiger partial charge is 0.481 e. The van der Waals surface area contributed by atoms with Crippen LogP contribution in [0.15, 0.2) is 60.7 Å². The Morgan fingerprint density at radius 3 is 1.04 bits per heavy atom. The molecule has 3 saturated heterocycles. The van der Waals surface area contributed by atoms with Gasteiger partial charge in [-0.25, -0.2) is 0 Å². The van der Waals surface area contributed by atoms with E-state index in [1.807, 2.05) is 0 Å². The van der Waals surface area contributed by atoms with Gasteiger partial charge in [0, 0.05) is 97.8 Å². The van der Waals surface area contributed by atoms with E-state index in [0.717, 1.165) is 0 Å². The number of carboxylic acids is 5. The molecule has 3 heterocycles.